The van der Waals surface area contributed by atoms with Crippen LogP contribution in [0, 0.1) is 5.41 Å². The monoisotopic (exact) mass is 408 g/mol. The summed E-state index contributed by atoms with van der Waals surface area (Å²) in [6.07, 6.45) is 2.78. The van der Waals surface area contributed by atoms with E-state index < -0.39 is 5.60 Å². The van der Waals surface area contributed by atoms with Gasteiger partial charge >= 0.3 is 0 Å². The van der Waals surface area contributed by atoms with Crippen molar-refractivity contribution >= 4 is 28.6 Å². The highest BCUT2D eigenvalue weighted by atomic mass is 35.5. The number of aliphatic hydroxyl groups is 1. The smallest absolute Gasteiger partial charge is 0.127 e. The second kappa shape index (κ2) is 8.54. The van der Waals surface area contributed by atoms with E-state index in [1.807, 2.05) is 60.7 Å². The molecule has 1 saturated heterocycles. The molecule has 0 aliphatic carbocycles. The zero-order chi connectivity index (χ0) is 20.3. The Balaban J connectivity index is 1.34. The summed E-state index contributed by atoms with van der Waals surface area (Å²) in [6, 6.07) is 19.4. The molecular formula is C24H25ClN2O2. The van der Waals surface area contributed by atoms with E-state index in [0.29, 0.717) is 24.5 Å². The summed E-state index contributed by atoms with van der Waals surface area (Å²) in [4.78, 5) is 2.33. The molecule has 0 spiro atoms. The minimum absolute atomic E-state index is 0.591. The minimum atomic E-state index is -0.777. The first-order chi connectivity index (χ1) is 14.1. The van der Waals surface area contributed by atoms with Gasteiger partial charge in [-0.2, -0.15) is 0 Å². The maximum absolute atomic E-state index is 11.0. The number of likely N-dealkylation sites (tertiary alicyclic amines) is 1. The molecule has 1 aliphatic heterocycles. The van der Waals surface area contributed by atoms with Gasteiger partial charge in [0.15, 0.2) is 0 Å². The standard InChI is InChI=1S/C24H25ClN2O2/c25-20-8-6-19(7-9-20)24(28)11-13-27(14-12-24)15-16-29-23-10-5-18(17-26)21-3-1-2-4-22(21)23/h1-10,17,26,28H,11-16H2. The van der Waals surface area contributed by atoms with Gasteiger partial charge in [0.1, 0.15) is 12.4 Å². The van der Waals surface area contributed by atoms with Crippen LogP contribution in [0.3, 0.4) is 0 Å². The van der Waals surface area contributed by atoms with Crippen molar-refractivity contribution in [2.24, 2.45) is 0 Å². The average Bonchev–Trinajstić information content (AvgIpc) is 2.75. The first kappa shape index (κ1) is 19.9. The molecular weight excluding hydrogens is 384 g/mol. The number of nitrogens with zero attached hydrogens (tertiary/aromatic N) is 1. The van der Waals surface area contributed by atoms with Crippen LogP contribution in [-0.2, 0) is 5.60 Å². The third-order valence-corrected chi connectivity index (χ3v) is 6.06. The van der Waals surface area contributed by atoms with Crippen molar-refractivity contribution < 1.29 is 9.84 Å². The summed E-state index contributed by atoms with van der Waals surface area (Å²) in [5, 5.41) is 21.3. The van der Waals surface area contributed by atoms with Gasteiger partial charge < -0.3 is 15.3 Å². The third-order valence-electron chi connectivity index (χ3n) is 5.80. The SMILES string of the molecule is N=Cc1ccc(OCCN2CCC(O)(c3ccc(Cl)cc3)CC2)c2ccccc12. The van der Waals surface area contributed by atoms with Crippen LogP contribution >= 0.6 is 11.6 Å². The van der Waals surface area contributed by atoms with Gasteiger partial charge in [-0.05, 0) is 48.1 Å². The maximum atomic E-state index is 11.0. The van der Waals surface area contributed by atoms with E-state index in [-0.39, 0.29) is 0 Å². The highest BCUT2D eigenvalue weighted by Gasteiger charge is 2.33. The van der Waals surface area contributed by atoms with Crippen molar-refractivity contribution in [3.8, 4) is 5.75 Å². The van der Waals surface area contributed by atoms with Gasteiger partial charge in [-0.25, -0.2) is 0 Å². The number of rotatable bonds is 6. The Kier molecular flexibility index (Phi) is 5.86. The molecule has 0 atom stereocenters. The molecule has 150 valence electrons. The van der Waals surface area contributed by atoms with E-state index >= 15 is 0 Å². The summed E-state index contributed by atoms with van der Waals surface area (Å²) in [7, 11) is 0. The number of hydrogen-bond acceptors (Lipinski definition) is 4. The Morgan fingerprint density at radius 2 is 1.69 bits per heavy atom. The lowest BCUT2D eigenvalue weighted by molar-refractivity contribution is -0.0277. The maximum Gasteiger partial charge on any atom is 0.127 e. The molecule has 0 saturated carbocycles. The summed E-state index contributed by atoms with van der Waals surface area (Å²) < 4.78 is 6.08. The molecule has 1 heterocycles. The number of halogens is 1. The average molecular weight is 409 g/mol. The highest BCUT2D eigenvalue weighted by Crippen LogP contribution is 2.33. The molecule has 1 fully saturated rings. The molecule has 29 heavy (non-hydrogen) atoms. The Morgan fingerprint density at radius 3 is 2.38 bits per heavy atom. The normalized spacial score (nSPS) is 16.6. The van der Waals surface area contributed by atoms with Crippen LogP contribution in [0.1, 0.15) is 24.0 Å². The lowest BCUT2D eigenvalue weighted by Crippen LogP contribution is -2.43. The molecule has 1 aliphatic rings. The van der Waals surface area contributed by atoms with Crippen molar-refractivity contribution in [3.63, 3.8) is 0 Å². The second-order valence-corrected chi connectivity index (χ2v) is 8.01. The fourth-order valence-electron chi connectivity index (χ4n) is 4.03. The zero-order valence-corrected chi connectivity index (χ0v) is 17.0. The van der Waals surface area contributed by atoms with Crippen molar-refractivity contribution in [1.29, 1.82) is 5.41 Å². The van der Waals surface area contributed by atoms with E-state index in [4.69, 9.17) is 21.7 Å². The molecule has 0 bridgehead atoms. The minimum Gasteiger partial charge on any atom is -0.492 e. The molecule has 0 aromatic heterocycles. The number of fused-ring (bicyclic) bond motifs is 1. The van der Waals surface area contributed by atoms with Gasteiger partial charge in [-0.15, -0.1) is 0 Å². The summed E-state index contributed by atoms with van der Waals surface area (Å²) in [6.45, 7) is 3.07. The molecule has 0 unspecified atom stereocenters. The number of benzene rings is 3. The van der Waals surface area contributed by atoms with E-state index in [1.54, 1.807) is 0 Å². The topological polar surface area (TPSA) is 56.5 Å². The van der Waals surface area contributed by atoms with Gasteiger partial charge in [0.2, 0.25) is 0 Å². The quantitative estimate of drug-likeness (QED) is 0.573. The Hall–Kier alpha value is -2.40. The van der Waals surface area contributed by atoms with Gasteiger partial charge in [-0.1, -0.05) is 48.0 Å². The molecule has 3 aromatic carbocycles. The lowest BCUT2D eigenvalue weighted by Gasteiger charge is -2.38. The van der Waals surface area contributed by atoms with Crippen molar-refractivity contribution in [2.45, 2.75) is 18.4 Å². The summed E-state index contributed by atoms with van der Waals surface area (Å²) in [5.41, 5.74) is 1.06. The van der Waals surface area contributed by atoms with E-state index in [9.17, 15) is 5.11 Å². The zero-order valence-electron chi connectivity index (χ0n) is 16.3. The fraction of sp³-hybridized carbons (Fsp3) is 0.292. The Labute approximate surface area is 176 Å². The molecule has 3 aromatic rings. The van der Waals surface area contributed by atoms with Crippen molar-refractivity contribution in [3.05, 3.63) is 76.8 Å². The van der Waals surface area contributed by atoms with Crippen LogP contribution in [0.25, 0.3) is 10.8 Å². The van der Waals surface area contributed by atoms with Gasteiger partial charge in [-0.3, -0.25) is 4.90 Å². The summed E-state index contributed by atoms with van der Waals surface area (Å²) >= 11 is 5.97. The number of nitrogens with one attached hydrogen (secondary N) is 1. The highest BCUT2D eigenvalue weighted by molar-refractivity contribution is 6.30. The predicted octanol–water partition coefficient (Wildman–Crippen LogP) is 4.85. The van der Waals surface area contributed by atoms with Gasteiger partial charge in [0.05, 0.1) is 5.60 Å². The van der Waals surface area contributed by atoms with E-state index in [0.717, 1.165) is 47.3 Å². The van der Waals surface area contributed by atoms with E-state index in [2.05, 4.69) is 4.90 Å². The van der Waals surface area contributed by atoms with Crippen molar-refractivity contribution in [1.82, 2.24) is 4.90 Å². The van der Waals surface area contributed by atoms with E-state index in [1.165, 1.54) is 6.21 Å². The Bertz CT molecular complexity index is 995. The molecule has 4 rings (SSSR count). The molecule has 2 N–H and O–H groups in total. The van der Waals surface area contributed by atoms with Crippen LogP contribution < -0.4 is 4.74 Å². The predicted molar refractivity (Wildman–Crippen MR) is 118 cm³/mol. The second-order valence-electron chi connectivity index (χ2n) is 7.57. The molecule has 5 heteroatoms. The molecule has 0 amide bonds. The lowest BCUT2D eigenvalue weighted by atomic mass is 9.84. The summed E-state index contributed by atoms with van der Waals surface area (Å²) in [5.74, 6) is 0.848. The van der Waals surface area contributed by atoms with Crippen LogP contribution in [0.15, 0.2) is 60.7 Å². The largest absolute Gasteiger partial charge is 0.492 e. The Morgan fingerprint density at radius 1 is 1.00 bits per heavy atom. The van der Waals surface area contributed by atoms with Crippen LogP contribution in [0.5, 0.6) is 5.75 Å². The number of hydrogen-bond donors (Lipinski definition) is 2. The van der Waals surface area contributed by atoms with Gasteiger partial charge in [0, 0.05) is 41.8 Å². The number of ether oxygens (including phenoxy) is 1. The van der Waals surface area contributed by atoms with Crippen LogP contribution in [0.2, 0.25) is 5.02 Å². The van der Waals surface area contributed by atoms with Crippen LogP contribution in [-0.4, -0.2) is 42.5 Å². The first-order valence-corrected chi connectivity index (χ1v) is 10.3. The molecule has 0 radical (unpaired) electrons. The van der Waals surface area contributed by atoms with Gasteiger partial charge in [0.25, 0.3) is 0 Å². The van der Waals surface area contributed by atoms with Crippen molar-refractivity contribution in [2.75, 3.05) is 26.2 Å². The van der Waals surface area contributed by atoms with Crippen LogP contribution in [0.4, 0.5) is 0 Å². The first-order valence-electron chi connectivity index (χ1n) is 9.95. The fourth-order valence-corrected chi connectivity index (χ4v) is 4.15. The third kappa shape index (κ3) is 4.30. The number of piperidine rings is 1. The molecule has 4 nitrogen and oxygen atoms in total.